The van der Waals surface area contributed by atoms with E-state index in [1.807, 2.05) is 0 Å². The third kappa shape index (κ3) is 6.09. The number of hydrogen-bond donors (Lipinski definition) is 2. The first-order chi connectivity index (χ1) is 10.8. The highest BCUT2D eigenvalue weighted by atomic mass is 32.2. The van der Waals surface area contributed by atoms with Gasteiger partial charge in [-0.1, -0.05) is 31.0 Å². The second-order valence-corrected chi connectivity index (χ2v) is 5.87. The number of aliphatic imine (C=N–C) groups is 1. The van der Waals surface area contributed by atoms with Crippen LogP contribution in [0.2, 0.25) is 0 Å². The third-order valence-electron chi connectivity index (χ3n) is 2.95. The van der Waals surface area contributed by atoms with E-state index in [9.17, 15) is 17.6 Å². The van der Waals surface area contributed by atoms with Crippen molar-refractivity contribution in [2.75, 3.05) is 19.8 Å². The van der Waals surface area contributed by atoms with Crippen LogP contribution in [0.5, 0.6) is 0 Å². The zero-order chi connectivity index (χ0) is 17.5. The summed E-state index contributed by atoms with van der Waals surface area (Å²) in [4.78, 5) is 3.61. The number of halogens is 4. The number of aliphatic hydroxyl groups excluding tert-OH is 1. The number of rotatable bonds is 8. The molecule has 2 atom stereocenters. The Labute approximate surface area is 136 Å². The first kappa shape index (κ1) is 19.9. The zero-order valence-corrected chi connectivity index (χ0v) is 13.3. The summed E-state index contributed by atoms with van der Waals surface area (Å²) in [5.41, 5.74) is 5.48. The summed E-state index contributed by atoms with van der Waals surface area (Å²) in [6.45, 7) is 1.30. The minimum absolute atomic E-state index is 0.0527. The van der Waals surface area contributed by atoms with Gasteiger partial charge < -0.3 is 10.8 Å². The van der Waals surface area contributed by atoms with Gasteiger partial charge in [0.25, 0.3) is 0 Å². The molecule has 0 bridgehead atoms. The Bertz CT molecular complexity index is 496. The number of nitrogens with zero attached hydrogens (tertiary/aromatic N) is 2. The van der Waals surface area contributed by atoms with E-state index >= 15 is 0 Å². The van der Waals surface area contributed by atoms with E-state index in [1.54, 1.807) is 6.92 Å². The minimum atomic E-state index is -4.53. The van der Waals surface area contributed by atoms with Crippen LogP contribution in [0.4, 0.5) is 17.6 Å². The lowest BCUT2D eigenvalue weighted by Crippen LogP contribution is -2.37. The molecule has 0 spiro atoms. The van der Waals surface area contributed by atoms with E-state index in [0.717, 1.165) is 40.5 Å². The molecule has 130 valence electrons. The van der Waals surface area contributed by atoms with Gasteiger partial charge in [0.1, 0.15) is 18.6 Å². The Morgan fingerprint density at radius 1 is 1.35 bits per heavy atom. The van der Waals surface area contributed by atoms with Gasteiger partial charge in [-0.15, -0.1) is 0 Å². The van der Waals surface area contributed by atoms with Gasteiger partial charge in [-0.3, -0.25) is 4.99 Å². The summed E-state index contributed by atoms with van der Waals surface area (Å²) in [5, 5.41) is 8.16. The molecule has 9 heteroatoms. The smallest absolute Gasteiger partial charge is 0.375 e. The highest BCUT2D eigenvalue weighted by molar-refractivity contribution is 7.98. The van der Waals surface area contributed by atoms with Crippen molar-refractivity contribution in [2.45, 2.75) is 24.4 Å². The molecule has 0 fully saturated rings. The molecular formula is C14H19F4N3OS. The number of aliphatic hydroxyl groups is 1. The fraction of sp³-hybridized carbons (Fsp3) is 0.500. The fourth-order valence-corrected chi connectivity index (χ4v) is 3.04. The van der Waals surface area contributed by atoms with Crippen LogP contribution in [-0.4, -0.2) is 46.9 Å². The molecule has 0 radical (unpaired) electrons. The Morgan fingerprint density at radius 2 is 1.96 bits per heavy atom. The van der Waals surface area contributed by atoms with Crippen LogP contribution in [-0.2, 0) is 0 Å². The van der Waals surface area contributed by atoms with Gasteiger partial charge in [-0.05, 0) is 17.7 Å². The largest absolute Gasteiger partial charge is 0.408 e. The van der Waals surface area contributed by atoms with Gasteiger partial charge in [0.05, 0.1) is 5.25 Å². The van der Waals surface area contributed by atoms with Gasteiger partial charge >= 0.3 is 6.18 Å². The zero-order valence-electron chi connectivity index (χ0n) is 12.5. The molecule has 1 aromatic rings. The predicted molar refractivity (Wildman–Crippen MR) is 83.6 cm³/mol. The molecule has 2 unspecified atom stereocenters. The molecule has 0 heterocycles. The minimum Gasteiger partial charge on any atom is -0.375 e. The van der Waals surface area contributed by atoms with Crippen LogP contribution < -0.4 is 5.73 Å². The van der Waals surface area contributed by atoms with Gasteiger partial charge in [-0.25, -0.2) is 8.70 Å². The molecule has 0 saturated carbocycles. The van der Waals surface area contributed by atoms with Gasteiger partial charge in [-0.2, -0.15) is 13.2 Å². The fourth-order valence-electron chi connectivity index (χ4n) is 1.95. The predicted octanol–water partition coefficient (Wildman–Crippen LogP) is 2.75. The normalized spacial score (nSPS) is 15.3. The molecule has 3 N–H and O–H groups in total. The molecule has 0 amide bonds. The molecule has 0 saturated heterocycles. The van der Waals surface area contributed by atoms with E-state index in [-0.39, 0.29) is 18.7 Å². The van der Waals surface area contributed by atoms with Crippen molar-refractivity contribution < 1.29 is 22.7 Å². The van der Waals surface area contributed by atoms with Crippen LogP contribution in [0.25, 0.3) is 0 Å². The molecule has 0 aliphatic rings. The number of benzene rings is 1. The molecule has 0 aliphatic carbocycles. The third-order valence-corrected chi connectivity index (χ3v) is 4.28. The quantitative estimate of drug-likeness (QED) is 0.429. The second kappa shape index (κ2) is 9.21. The van der Waals surface area contributed by atoms with Gasteiger partial charge in [0.15, 0.2) is 0 Å². The van der Waals surface area contributed by atoms with Crippen LogP contribution >= 0.6 is 11.9 Å². The Hall–Kier alpha value is -1.16. The van der Waals surface area contributed by atoms with Crippen molar-refractivity contribution in [1.82, 2.24) is 4.31 Å². The van der Waals surface area contributed by atoms with Crippen molar-refractivity contribution in [3.05, 3.63) is 35.6 Å². The van der Waals surface area contributed by atoms with Crippen molar-refractivity contribution in [1.29, 1.82) is 0 Å². The van der Waals surface area contributed by atoms with E-state index < -0.39 is 30.0 Å². The number of alkyl halides is 3. The van der Waals surface area contributed by atoms with Crippen LogP contribution in [0.3, 0.4) is 0 Å². The summed E-state index contributed by atoms with van der Waals surface area (Å²) in [7, 11) is 0. The van der Waals surface area contributed by atoms with E-state index in [1.165, 1.54) is 6.21 Å². The maximum Gasteiger partial charge on any atom is 0.408 e. The highest BCUT2D eigenvalue weighted by Crippen LogP contribution is 2.41. The van der Waals surface area contributed by atoms with E-state index in [0.29, 0.717) is 0 Å². The van der Waals surface area contributed by atoms with Crippen LogP contribution in [0.15, 0.2) is 29.3 Å². The van der Waals surface area contributed by atoms with Crippen LogP contribution in [0, 0.1) is 5.82 Å². The average molecular weight is 353 g/mol. The molecule has 0 aromatic heterocycles. The molecular weight excluding hydrogens is 334 g/mol. The van der Waals surface area contributed by atoms with E-state index in [2.05, 4.69) is 4.99 Å². The first-order valence-corrected chi connectivity index (χ1v) is 7.73. The topological polar surface area (TPSA) is 61.8 Å². The molecule has 1 rings (SSSR count). The summed E-state index contributed by atoms with van der Waals surface area (Å²) >= 11 is 0.898. The maximum absolute atomic E-state index is 13.5. The molecule has 0 aliphatic heterocycles. The molecule has 4 nitrogen and oxygen atoms in total. The Balaban J connectivity index is 3.07. The monoisotopic (exact) mass is 353 g/mol. The van der Waals surface area contributed by atoms with Gasteiger partial charge in [0.2, 0.25) is 0 Å². The molecule has 23 heavy (non-hydrogen) atoms. The average Bonchev–Trinajstić information content (AvgIpc) is 2.50. The van der Waals surface area contributed by atoms with Crippen molar-refractivity contribution in [3.63, 3.8) is 0 Å². The summed E-state index contributed by atoms with van der Waals surface area (Å²) in [6.07, 6.45) is -3.21. The highest BCUT2D eigenvalue weighted by Gasteiger charge is 2.45. The first-order valence-electron chi connectivity index (χ1n) is 6.89. The maximum atomic E-state index is 13.5. The van der Waals surface area contributed by atoms with Crippen molar-refractivity contribution in [3.8, 4) is 0 Å². The lowest BCUT2D eigenvalue weighted by atomic mass is 10.1. The second-order valence-electron chi connectivity index (χ2n) is 4.58. The van der Waals surface area contributed by atoms with Crippen molar-refractivity contribution in [2.24, 2.45) is 10.7 Å². The summed E-state index contributed by atoms with van der Waals surface area (Å²) in [6, 6.07) is 2.35. The summed E-state index contributed by atoms with van der Waals surface area (Å²) < 4.78 is 54.6. The lowest BCUT2D eigenvalue weighted by molar-refractivity contribution is -0.172. The number of hydrogen-bond acceptors (Lipinski definition) is 5. The SMILES string of the molecule is CCN(SC(/C=N\CO)CN)C(c1ccc(F)cc1)C(F)(F)F. The summed E-state index contributed by atoms with van der Waals surface area (Å²) in [5.74, 6) is -0.597. The van der Waals surface area contributed by atoms with E-state index in [4.69, 9.17) is 10.8 Å². The lowest BCUT2D eigenvalue weighted by Gasteiger charge is -2.33. The molecule has 1 aromatic carbocycles. The van der Waals surface area contributed by atoms with Crippen LogP contribution in [0.1, 0.15) is 18.5 Å². The Morgan fingerprint density at radius 3 is 2.39 bits per heavy atom. The number of nitrogens with two attached hydrogens (primary N) is 1. The van der Waals surface area contributed by atoms with Crippen molar-refractivity contribution >= 4 is 18.2 Å². The van der Waals surface area contributed by atoms with Gasteiger partial charge in [0, 0.05) is 19.3 Å². The standard InChI is InChI=1S/C14H19F4N3OS/c1-2-21(23-12(7-19)8-20-9-22)13(14(16,17)18)10-3-5-11(15)6-4-10/h3-6,8,12-13,22H,2,7,9,19H2,1H3/b20-8-. The Kier molecular flexibility index (Phi) is 7.97.